The van der Waals surface area contributed by atoms with Crippen molar-refractivity contribution in [3.8, 4) is 0 Å². The maximum absolute atomic E-state index is 12.6. The van der Waals surface area contributed by atoms with E-state index in [2.05, 4.69) is 25.2 Å². The predicted molar refractivity (Wildman–Crippen MR) is 95.4 cm³/mol. The quantitative estimate of drug-likeness (QED) is 0.875. The predicted octanol–water partition coefficient (Wildman–Crippen LogP) is 1.31. The van der Waals surface area contributed by atoms with Gasteiger partial charge in [0.2, 0.25) is 5.91 Å². The van der Waals surface area contributed by atoms with Crippen LogP contribution in [0.2, 0.25) is 0 Å². The molecule has 1 aliphatic heterocycles. The van der Waals surface area contributed by atoms with Crippen molar-refractivity contribution in [3.05, 3.63) is 51.8 Å². The second-order valence-electron chi connectivity index (χ2n) is 6.51. The standard InChI is InChI=1S/C18H23N5O2/c1-12-8-13(2)22-18(25)15(12)9-21-17(24)14-4-3-7-23(11-14)16-10-19-5-6-20-16/h5-6,8,10,14H,3-4,7,9,11H2,1-2H3,(H,21,24)(H,22,25)/t14-/m0/s1. The minimum Gasteiger partial charge on any atom is -0.355 e. The first-order valence-electron chi connectivity index (χ1n) is 8.52. The van der Waals surface area contributed by atoms with Crippen LogP contribution in [0.15, 0.2) is 29.5 Å². The Morgan fingerprint density at radius 1 is 1.40 bits per heavy atom. The fourth-order valence-electron chi connectivity index (χ4n) is 3.27. The first-order chi connectivity index (χ1) is 12.0. The largest absolute Gasteiger partial charge is 0.355 e. The lowest BCUT2D eigenvalue weighted by molar-refractivity contribution is -0.125. The minimum atomic E-state index is -0.136. The normalized spacial score (nSPS) is 17.4. The zero-order valence-electron chi connectivity index (χ0n) is 14.6. The van der Waals surface area contributed by atoms with Gasteiger partial charge in [-0.2, -0.15) is 0 Å². The van der Waals surface area contributed by atoms with Crippen molar-refractivity contribution in [1.82, 2.24) is 20.3 Å². The number of anilines is 1. The Kier molecular flexibility index (Phi) is 5.11. The van der Waals surface area contributed by atoms with E-state index in [0.29, 0.717) is 12.1 Å². The number of hydrogen-bond acceptors (Lipinski definition) is 5. The number of nitrogens with zero attached hydrogens (tertiary/aromatic N) is 3. The number of pyridine rings is 1. The summed E-state index contributed by atoms with van der Waals surface area (Å²) in [6.45, 7) is 5.48. The van der Waals surface area contributed by atoms with E-state index >= 15 is 0 Å². The summed E-state index contributed by atoms with van der Waals surface area (Å²) in [7, 11) is 0. The van der Waals surface area contributed by atoms with Crippen LogP contribution >= 0.6 is 0 Å². The highest BCUT2D eigenvalue weighted by Crippen LogP contribution is 2.21. The van der Waals surface area contributed by atoms with Crippen molar-refractivity contribution < 1.29 is 4.79 Å². The molecule has 7 nitrogen and oxygen atoms in total. The lowest BCUT2D eigenvalue weighted by Gasteiger charge is -2.32. The number of aromatic nitrogens is 3. The number of H-pyrrole nitrogens is 1. The summed E-state index contributed by atoms with van der Waals surface area (Å²) >= 11 is 0. The molecule has 1 fully saturated rings. The zero-order chi connectivity index (χ0) is 17.8. The van der Waals surface area contributed by atoms with Crippen LogP contribution in [0.4, 0.5) is 5.82 Å². The van der Waals surface area contributed by atoms with E-state index in [1.165, 1.54) is 0 Å². The van der Waals surface area contributed by atoms with Crippen molar-refractivity contribution in [2.75, 3.05) is 18.0 Å². The van der Waals surface area contributed by atoms with Gasteiger partial charge in [-0.3, -0.25) is 14.6 Å². The molecule has 1 atom stereocenters. The van der Waals surface area contributed by atoms with E-state index in [1.807, 2.05) is 19.9 Å². The van der Waals surface area contributed by atoms with Crippen molar-refractivity contribution in [1.29, 1.82) is 0 Å². The summed E-state index contributed by atoms with van der Waals surface area (Å²) in [5.41, 5.74) is 2.19. The average molecular weight is 341 g/mol. The van der Waals surface area contributed by atoms with E-state index in [9.17, 15) is 9.59 Å². The molecule has 1 aliphatic rings. The molecule has 0 saturated carbocycles. The Balaban J connectivity index is 1.63. The number of rotatable bonds is 4. The lowest BCUT2D eigenvalue weighted by atomic mass is 9.97. The Bertz CT molecular complexity index is 803. The van der Waals surface area contributed by atoms with E-state index in [4.69, 9.17) is 0 Å². The topological polar surface area (TPSA) is 91.0 Å². The van der Waals surface area contributed by atoms with Crippen molar-refractivity contribution in [2.24, 2.45) is 5.92 Å². The summed E-state index contributed by atoms with van der Waals surface area (Å²) < 4.78 is 0. The van der Waals surface area contributed by atoms with E-state index in [0.717, 1.165) is 36.5 Å². The molecule has 7 heteroatoms. The second-order valence-corrected chi connectivity index (χ2v) is 6.51. The van der Waals surface area contributed by atoms with Gasteiger partial charge >= 0.3 is 0 Å². The van der Waals surface area contributed by atoms with Gasteiger partial charge in [-0.25, -0.2) is 4.98 Å². The van der Waals surface area contributed by atoms with Gasteiger partial charge in [0.1, 0.15) is 5.82 Å². The fraction of sp³-hybridized carbons (Fsp3) is 0.444. The molecule has 1 saturated heterocycles. The van der Waals surface area contributed by atoms with Crippen molar-refractivity contribution in [3.63, 3.8) is 0 Å². The molecule has 2 aromatic heterocycles. The molecular formula is C18H23N5O2. The maximum atomic E-state index is 12.6. The van der Waals surface area contributed by atoms with Gasteiger partial charge in [0.25, 0.3) is 5.56 Å². The zero-order valence-corrected chi connectivity index (χ0v) is 14.6. The first-order valence-corrected chi connectivity index (χ1v) is 8.52. The number of piperidine rings is 1. The summed E-state index contributed by atoms with van der Waals surface area (Å²) in [6, 6.07) is 1.92. The van der Waals surface area contributed by atoms with Crippen LogP contribution < -0.4 is 15.8 Å². The van der Waals surface area contributed by atoms with Crippen LogP contribution in [0.25, 0.3) is 0 Å². The molecule has 2 aromatic rings. The minimum absolute atomic E-state index is 0.0204. The highest BCUT2D eigenvalue weighted by molar-refractivity contribution is 5.79. The van der Waals surface area contributed by atoms with E-state index in [-0.39, 0.29) is 23.9 Å². The highest BCUT2D eigenvalue weighted by Gasteiger charge is 2.26. The lowest BCUT2D eigenvalue weighted by Crippen LogP contribution is -2.43. The molecule has 132 valence electrons. The molecule has 0 aliphatic carbocycles. The van der Waals surface area contributed by atoms with E-state index in [1.54, 1.807) is 18.6 Å². The Morgan fingerprint density at radius 3 is 2.96 bits per heavy atom. The molecule has 3 heterocycles. The Hall–Kier alpha value is -2.70. The number of nitrogens with one attached hydrogen (secondary N) is 2. The third-order valence-electron chi connectivity index (χ3n) is 4.60. The van der Waals surface area contributed by atoms with Gasteiger partial charge in [-0.05, 0) is 38.3 Å². The van der Waals surface area contributed by atoms with Gasteiger partial charge in [0.05, 0.1) is 12.1 Å². The monoisotopic (exact) mass is 341 g/mol. The van der Waals surface area contributed by atoms with Crippen LogP contribution in [0.1, 0.15) is 29.7 Å². The first kappa shape index (κ1) is 17.1. The molecule has 1 amide bonds. The van der Waals surface area contributed by atoms with Gasteiger partial charge in [-0.1, -0.05) is 0 Å². The number of carbonyl (C=O) groups excluding carboxylic acids is 1. The average Bonchev–Trinajstić information content (AvgIpc) is 2.61. The van der Waals surface area contributed by atoms with Crippen LogP contribution in [0.5, 0.6) is 0 Å². The van der Waals surface area contributed by atoms with Gasteiger partial charge in [0.15, 0.2) is 0 Å². The van der Waals surface area contributed by atoms with Crippen molar-refractivity contribution >= 4 is 11.7 Å². The summed E-state index contributed by atoms with van der Waals surface area (Å²) in [4.78, 5) is 37.9. The summed E-state index contributed by atoms with van der Waals surface area (Å²) in [6.07, 6.45) is 6.78. The molecule has 25 heavy (non-hydrogen) atoms. The van der Waals surface area contributed by atoms with Crippen molar-refractivity contribution in [2.45, 2.75) is 33.2 Å². The van der Waals surface area contributed by atoms with Crippen LogP contribution in [-0.4, -0.2) is 33.9 Å². The molecule has 2 N–H and O–H groups in total. The SMILES string of the molecule is Cc1cc(C)c(CNC(=O)[C@H]2CCCN(c3cnccn3)C2)c(=O)[nH]1. The molecule has 0 radical (unpaired) electrons. The highest BCUT2D eigenvalue weighted by atomic mass is 16.2. The van der Waals surface area contributed by atoms with E-state index < -0.39 is 0 Å². The molecule has 0 unspecified atom stereocenters. The molecule has 3 rings (SSSR count). The number of hydrogen-bond donors (Lipinski definition) is 2. The van der Waals surface area contributed by atoms with Gasteiger partial charge < -0.3 is 15.2 Å². The fourth-order valence-corrected chi connectivity index (χ4v) is 3.27. The van der Waals surface area contributed by atoms with Gasteiger partial charge in [-0.15, -0.1) is 0 Å². The molecular weight excluding hydrogens is 318 g/mol. The summed E-state index contributed by atoms with van der Waals surface area (Å²) in [5.74, 6) is 0.666. The number of aromatic amines is 1. The summed E-state index contributed by atoms with van der Waals surface area (Å²) in [5, 5.41) is 2.92. The third-order valence-corrected chi connectivity index (χ3v) is 4.60. The molecule has 0 spiro atoms. The number of amides is 1. The maximum Gasteiger partial charge on any atom is 0.253 e. The number of carbonyl (C=O) groups is 1. The molecule has 0 bridgehead atoms. The Morgan fingerprint density at radius 2 is 2.24 bits per heavy atom. The third kappa shape index (κ3) is 4.04. The van der Waals surface area contributed by atoms with Gasteiger partial charge in [0, 0.05) is 43.3 Å². The second kappa shape index (κ2) is 7.46. The van der Waals surface area contributed by atoms with Crippen LogP contribution in [0, 0.1) is 19.8 Å². The van der Waals surface area contributed by atoms with Crippen LogP contribution in [0.3, 0.4) is 0 Å². The smallest absolute Gasteiger partial charge is 0.253 e. The van der Waals surface area contributed by atoms with Crippen LogP contribution in [-0.2, 0) is 11.3 Å². The molecule has 0 aromatic carbocycles. The Labute approximate surface area is 146 Å². The number of aryl methyl sites for hydroxylation is 2.